The molecule has 0 bridgehead atoms. The van der Waals surface area contributed by atoms with Gasteiger partial charge in [-0.15, -0.1) is 0 Å². The molecule has 1 amide bonds. The van der Waals surface area contributed by atoms with E-state index in [9.17, 15) is 9.59 Å². The van der Waals surface area contributed by atoms with Crippen LogP contribution in [0.15, 0.2) is 0 Å². The van der Waals surface area contributed by atoms with Crippen molar-refractivity contribution in [3.05, 3.63) is 0 Å². The Hall–Kier alpha value is -1.10. The van der Waals surface area contributed by atoms with Crippen LogP contribution in [0.5, 0.6) is 0 Å². The first kappa shape index (κ1) is 13.9. The van der Waals surface area contributed by atoms with Crippen molar-refractivity contribution in [3.8, 4) is 0 Å². The molecule has 0 heterocycles. The maximum Gasteiger partial charge on any atom is 0.321 e. The van der Waals surface area contributed by atoms with Crippen molar-refractivity contribution in [2.45, 2.75) is 26.8 Å². The van der Waals surface area contributed by atoms with Crippen molar-refractivity contribution >= 4 is 11.9 Å². The number of amides is 1. The van der Waals surface area contributed by atoms with Crippen molar-refractivity contribution in [2.24, 2.45) is 5.92 Å². The molecular formula is C10H20N2O3. The molecule has 0 aromatic rings. The van der Waals surface area contributed by atoms with Gasteiger partial charge in [0.1, 0.15) is 6.04 Å². The highest BCUT2D eigenvalue weighted by Gasteiger charge is 2.26. The zero-order chi connectivity index (χ0) is 12.0. The highest BCUT2D eigenvalue weighted by molar-refractivity contribution is 5.79. The minimum atomic E-state index is -0.892. The molecule has 1 atom stereocenters. The normalized spacial score (nSPS) is 12.9. The summed E-state index contributed by atoms with van der Waals surface area (Å²) < 4.78 is 0. The summed E-state index contributed by atoms with van der Waals surface area (Å²) in [5.74, 6) is -1.06. The van der Waals surface area contributed by atoms with Crippen molar-refractivity contribution in [1.82, 2.24) is 10.2 Å². The average Bonchev–Trinajstić information content (AvgIpc) is 2.01. The number of hydrogen-bond acceptors (Lipinski definition) is 3. The number of nitrogens with one attached hydrogen (secondary N) is 1. The van der Waals surface area contributed by atoms with Crippen LogP contribution in [-0.4, -0.2) is 48.1 Å². The van der Waals surface area contributed by atoms with Gasteiger partial charge in [0.2, 0.25) is 5.91 Å². The Kier molecular flexibility index (Phi) is 5.93. The van der Waals surface area contributed by atoms with Crippen LogP contribution in [0.25, 0.3) is 0 Å². The lowest BCUT2D eigenvalue weighted by Gasteiger charge is -2.26. The molecule has 5 heteroatoms. The van der Waals surface area contributed by atoms with Gasteiger partial charge in [0, 0.05) is 6.54 Å². The minimum Gasteiger partial charge on any atom is -0.480 e. The molecule has 0 aromatic carbocycles. The third-order valence-electron chi connectivity index (χ3n) is 2.13. The first-order valence-electron chi connectivity index (χ1n) is 5.09. The number of rotatable bonds is 6. The van der Waals surface area contributed by atoms with Crippen LogP contribution in [-0.2, 0) is 9.59 Å². The maximum atomic E-state index is 11.3. The minimum absolute atomic E-state index is 0.0260. The molecule has 0 aliphatic heterocycles. The molecule has 15 heavy (non-hydrogen) atoms. The number of likely N-dealkylation sites (N-methyl/N-ethyl adjacent to an activating group) is 2. The number of carbonyl (C=O) groups is 2. The lowest BCUT2D eigenvalue weighted by Crippen LogP contribution is -2.46. The maximum absolute atomic E-state index is 11.3. The second-order valence-electron chi connectivity index (χ2n) is 3.90. The van der Waals surface area contributed by atoms with Crippen molar-refractivity contribution in [2.75, 3.05) is 20.1 Å². The zero-order valence-electron chi connectivity index (χ0n) is 9.78. The van der Waals surface area contributed by atoms with Crippen LogP contribution in [0.1, 0.15) is 20.8 Å². The number of carboxylic acid groups (broad SMARTS) is 1. The monoisotopic (exact) mass is 216 g/mol. The van der Waals surface area contributed by atoms with E-state index in [1.54, 1.807) is 11.9 Å². The van der Waals surface area contributed by atoms with E-state index in [-0.39, 0.29) is 18.4 Å². The number of hydrogen-bond donors (Lipinski definition) is 2. The fourth-order valence-electron chi connectivity index (χ4n) is 1.56. The molecule has 1 unspecified atom stereocenters. The van der Waals surface area contributed by atoms with Crippen molar-refractivity contribution < 1.29 is 14.7 Å². The summed E-state index contributed by atoms with van der Waals surface area (Å²) >= 11 is 0. The van der Waals surface area contributed by atoms with Gasteiger partial charge in [0.15, 0.2) is 0 Å². The van der Waals surface area contributed by atoms with E-state index in [0.717, 1.165) is 0 Å². The molecule has 0 spiro atoms. The Morgan fingerprint density at radius 1 is 1.40 bits per heavy atom. The largest absolute Gasteiger partial charge is 0.480 e. The Bertz CT molecular complexity index is 229. The first-order chi connectivity index (χ1) is 6.90. The zero-order valence-corrected chi connectivity index (χ0v) is 9.78. The topological polar surface area (TPSA) is 69.6 Å². The van der Waals surface area contributed by atoms with E-state index in [0.29, 0.717) is 6.54 Å². The summed E-state index contributed by atoms with van der Waals surface area (Å²) in [4.78, 5) is 23.8. The van der Waals surface area contributed by atoms with Crippen LogP contribution in [0.3, 0.4) is 0 Å². The van der Waals surface area contributed by atoms with Gasteiger partial charge in [-0.05, 0) is 19.9 Å². The van der Waals surface area contributed by atoms with Crippen molar-refractivity contribution in [1.29, 1.82) is 0 Å². The number of aliphatic carboxylic acids is 1. The van der Waals surface area contributed by atoms with E-state index in [2.05, 4.69) is 5.32 Å². The van der Waals surface area contributed by atoms with Gasteiger partial charge in [-0.2, -0.15) is 0 Å². The fourth-order valence-corrected chi connectivity index (χ4v) is 1.56. The molecule has 0 fully saturated rings. The number of carboxylic acids is 1. The van der Waals surface area contributed by atoms with Gasteiger partial charge in [0.25, 0.3) is 0 Å². The Balaban J connectivity index is 4.32. The van der Waals surface area contributed by atoms with E-state index in [1.807, 2.05) is 20.8 Å². The summed E-state index contributed by atoms with van der Waals surface area (Å²) in [6.07, 6.45) is 0. The Morgan fingerprint density at radius 3 is 2.27 bits per heavy atom. The van der Waals surface area contributed by atoms with Crippen LogP contribution < -0.4 is 5.32 Å². The molecule has 0 rings (SSSR count). The lowest BCUT2D eigenvalue weighted by molar-refractivity contribution is -0.144. The molecule has 0 radical (unpaired) electrons. The smallest absolute Gasteiger partial charge is 0.321 e. The van der Waals surface area contributed by atoms with Crippen molar-refractivity contribution in [3.63, 3.8) is 0 Å². The highest BCUT2D eigenvalue weighted by Crippen LogP contribution is 2.08. The summed E-state index contributed by atoms with van der Waals surface area (Å²) in [5.41, 5.74) is 0. The molecule has 0 aliphatic rings. The van der Waals surface area contributed by atoms with Gasteiger partial charge < -0.3 is 10.4 Å². The molecule has 5 nitrogen and oxygen atoms in total. The molecule has 88 valence electrons. The quantitative estimate of drug-likeness (QED) is 0.663. The first-order valence-corrected chi connectivity index (χ1v) is 5.09. The third kappa shape index (κ3) is 4.78. The van der Waals surface area contributed by atoms with E-state index < -0.39 is 12.0 Å². The van der Waals surface area contributed by atoms with E-state index in [4.69, 9.17) is 5.11 Å². The predicted octanol–water partition coefficient (Wildman–Crippen LogP) is 0.164. The summed E-state index contributed by atoms with van der Waals surface area (Å²) in [7, 11) is 1.65. The van der Waals surface area contributed by atoms with Gasteiger partial charge in [-0.1, -0.05) is 13.8 Å². The second kappa shape index (κ2) is 6.40. The van der Waals surface area contributed by atoms with Crippen LogP contribution >= 0.6 is 0 Å². The summed E-state index contributed by atoms with van der Waals surface area (Å²) in [6.45, 7) is 6.16. The van der Waals surface area contributed by atoms with Gasteiger partial charge in [-0.3, -0.25) is 14.5 Å². The molecule has 0 aromatic heterocycles. The van der Waals surface area contributed by atoms with E-state index >= 15 is 0 Å². The molecule has 2 N–H and O–H groups in total. The molecule has 0 aliphatic carbocycles. The van der Waals surface area contributed by atoms with Crippen LogP contribution in [0, 0.1) is 5.92 Å². The highest BCUT2D eigenvalue weighted by atomic mass is 16.4. The summed E-state index contributed by atoms with van der Waals surface area (Å²) in [6, 6.07) is -0.618. The van der Waals surface area contributed by atoms with Gasteiger partial charge >= 0.3 is 5.97 Å². The summed E-state index contributed by atoms with van der Waals surface area (Å²) in [5, 5.41) is 11.6. The van der Waals surface area contributed by atoms with Crippen LogP contribution in [0.4, 0.5) is 0 Å². The molecule has 0 saturated carbocycles. The van der Waals surface area contributed by atoms with Crippen LogP contribution in [0.2, 0.25) is 0 Å². The van der Waals surface area contributed by atoms with Gasteiger partial charge in [0.05, 0.1) is 6.54 Å². The van der Waals surface area contributed by atoms with E-state index in [1.165, 1.54) is 0 Å². The second-order valence-corrected chi connectivity index (χ2v) is 3.90. The SMILES string of the molecule is CCNC(=O)CN(C)C(C(=O)O)C(C)C. The third-order valence-corrected chi connectivity index (χ3v) is 2.13. The lowest BCUT2D eigenvalue weighted by atomic mass is 10.0. The molecular weight excluding hydrogens is 196 g/mol. The van der Waals surface area contributed by atoms with Gasteiger partial charge in [-0.25, -0.2) is 0 Å². The molecule has 0 saturated heterocycles. The fraction of sp³-hybridized carbons (Fsp3) is 0.800. The number of nitrogens with zero attached hydrogens (tertiary/aromatic N) is 1. The number of carbonyl (C=O) groups excluding carboxylic acids is 1. The predicted molar refractivity (Wildman–Crippen MR) is 57.6 cm³/mol. The standard InChI is InChI=1S/C10H20N2O3/c1-5-11-8(13)6-12(4)9(7(2)3)10(14)15/h7,9H,5-6H2,1-4H3,(H,11,13)(H,14,15). The Morgan fingerprint density at radius 2 is 1.93 bits per heavy atom. The average molecular weight is 216 g/mol. The Labute approximate surface area is 90.5 Å².